The molecule has 0 spiro atoms. The molecule has 33 heavy (non-hydrogen) atoms. The predicted molar refractivity (Wildman–Crippen MR) is 132 cm³/mol. The zero-order chi connectivity index (χ0) is 23.8. The van der Waals surface area contributed by atoms with Gasteiger partial charge in [-0.3, -0.25) is 9.59 Å². The predicted octanol–water partition coefficient (Wildman–Crippen LogP) is 5.82. The Kier molecular flexibility index (Phi) is 6.42. The molecular weight excluding hydrogens is 434 g/mol. The van der Waals surface area contributed by atoms with E-state index in [9.17, 15) is 14.7 Å². The summed E-state index contributed by atoms with van der Waals surface area (Å²) in [5.41, 5.74) is 2.53. The van der Waals surface area contributed by atoms with Gasteiger partial charge in [-0.25, -0.2) is 0 Å². The molecule has 1 N–H and O–H groups in total. The summed E-state index contributed by atoms with van der Waals surface area (Å²) in [4.78, 5) is 28.5. The van der Waals surface area contributed by atoms with Gasteiger partial charge in [-0.2, -0.15) is 0 Å². The number of rotatable bonds is 7. The molecule has 4 rings (SSSR count). The van der Waals surface area contributed by atoms with E-state index < -0.39 is 11.5 Å². The van der Waals surface area contributed by atoms with Gasteiger partial charge in [-0.15, -0.1) is 0 Å². The van der Waals surface area contributed by atoms with E-state index >= 15 is 0 Å². The third-order valence-corrected chi connectivity index (χ3v) is 6.64. The van der Waals surface area contributed by atoms with Crippen LogP contribution in [0.4, 0.5) is 5.69 Å². The number of carbonyl (C=O) groups is 2. The molecule has 0 bridgehead atoms. The van der Waals surface area contributed by atoms with Gasteiger partial charge in [0.05, 0.1) is 12.1 Å². The third-order valence-electron chi connectivity index (χ3n) is 6.41. The highest BCUT2D eigenvalue weighted by atomic mass is 35.5. The van der Waals surface area contributed by atoms with Gasteiger partial charge in [0.25, 0.3) is 5.91 Å². The molecule has 0 fully saturated rings. The number of anilines is 1. The Morgan fingerprint density at radius 1 is 1.06 bits per heavy atom. The molecule has 0 saturated carbocycles. The van der Waals surface area contributed by atoms with E-state index in [2.05, 4.69) is 13.8 Å². The van der Waals surface area contributed by atoms with Gasteiger partial charge in [0.1, 0.15) is 0 Å². The van der Waals surface area contributed by atoms with E-state index in [1.807, 2.05) is 55.5 Å². The number of fused-ring (bicyclic) bond motifs is 1. The van der Waals surface area contributed by atoms with Crippen molar-refractivity contribution in [3.8, 4) is 0 Å². The van der Waals surface area contributed by atoms with Gasteiger partial charge in [-0.05, 0) is 60.2 Å². The van der Waals surface area contributed by atoms with Gasteiger partial charge < -0.3 is 10.0 Å². The Labute approximate surface area is 199 Å². The summed E-state index contributed by atoms with van der Waals surface area (Å²) in [5.74, 6) is -0.482. The minimum atomic E-state index is -1.95. The Morgan fingerprint density at radius 3 is 2.48 bits per heavy atom. The molecular formula is C28H28ClNO3. The Bertz CT molecular complexity index is 1210. The molecule has 1 aliphatic rings. The molecule has 4 nitrogen and oxygen atoms in total. The fourth-order valence-corrected chi connectivity index (χ4v) is 4.60. The molecule has 0 radical (unpaired) electrons. The van der Waals surface area contributed by atoms with Crippen molar-refractivity contribution in [1.29, 1.82) is 0 Å². The van der Waals surface area contributed by atoms with Crippen molar-refractivity contribution < 1.29 is 14.7 Å². The Hall–Kier alpha value is -2.95. The summed E-state index contributed by atoms with van der Waals surface area (Å²) in [6.45, 7) is 6.40. The minimum absolute atomic E-state index is 0.262. The number of nitrogens with zero attached hydrogens (tertiary/aromatic N) is 1. The lowest BCUT2D eigenvalue weighted by Gasteiger charge is -2.23. The topological polar surface area (TPSA) is 57.6 Å². The molecule has 1 aliphatic heterocycles. The van der Waals surface area contributed by atoms with E-state index in [1.165, 1.54) is 0 Å². The maximum Gasteiger partial charge on any atom is 0.264 e. The molecule has 0 saturated heterocycles. The van der Waals surface area contributed by atoms with Crippen molar-refractivity contribution in [2.45, 2.75) is 45.1 Å². The van der Waals surface area contributed by atoms with Crippen LogP contribution >= 0.6 is 11.6 Å². The summed E-state index contributed by atoms with van der Waals surface area (Å²) < 4.78 is 0. The largest absolute Gasteiger partial charge is 0.375 e. The molecule has 1 amide bonds. The van der Waals surface area contributed by atoms with Crippen LogP contribution in [0.2, 0.25) is 5.02 Å². The average molecular weight is 462 g/mol. The standard InChI is InChI=1S/C28H28ClNO3/c1-18(2)21-10-9-19(3)23(15-21)26(31)17-28(33)24-16-22(29)11-12-25(24)30(27(28)32)14-13-20-7-5-4-6-8-20/h4-12,15-16,18,33H,13-14,17H2,1-3H3. The first-order valence-corrected chi connectivity index (χ1v) is 11.6. The average Bonchev–Trinajstić information content (AvgIpc) is 2.99. The fourth-order valence-electron chi connectivity index (χ4n) is 4.43. The van der Waals surface area contributed by atoms with Crippen LogP contribution in [0.15, 0.2) is 66.7 Å². The molecule has 3 aromatic carbocycles. The second-order valence-corrected chi connectivity index (χ2v) is 9.48. The van der Waals surface area contributed by atoms with Gasteiger partial charge in [0, 0.05) is 22.7 Å². The molecule has 170 valence electrons. The second kappa shape index (κ2) is 9.12. The summed E-state index contributed by atoms with van der Waals surface area (Å²) in [7, 11) is 0. The third kappa shape index (κ3) is 4.46. The number of Topliss-reactive ketones (excluding diaryl/α,β-unsaturated/α-hetero) is 1. The number of aryl methyl sites for hydroxylation is 1. The molecule has 0 aromatic heterocycles. The maximum absolute atomic E-state index is 13.5. The summed E-state index contributed by atoms with van der Waals surface area (Å²) >= 11 is 6.23. The van der Waals surface area contributed by atoms with Crippen LogP contribution in [-0.2, 0) is 16.8 Å². The van der Waals surface area contributed by atoms with Crippen molar-refractivity contribution in [1.82, 2.24) is 0 Å². The van der Waals surface area contributed by atoms with E-state index in [-0.39, 0.29) is 18.1 Å². The van der Waals surface area contributed by atoms with Crippen LogP contribution in [0.5, 0.6) is 0 Å². The van der Waals surface area contributed by atoms with E-state index in [1.54, 1.807) is 23.1 Å². The number of amides is 1. The van der Waals surface area contributed by atoms with Gasteiger partial charge >= 0.3 is 0 Å². The van der Waals surface area contributed by atoms with E-state index in [0.717, 1.165) is 16.7 Å². The van der Waals surface area contributed by atoms with Crippen LogP contribution in [0.1, 0.15) is 58.8 Å². The molecule has 1 unspecified atom stereocenters. The smallest absolute Gasteiger partial charge is 0.264 e. The SMILES string of the molecule is Cc1ccc(C(C)C)cc1C(=O)CC1(O)C(=O)N(CCc2ccccc2)c2ccc(Cl)cc21. The van der Waals surface area contributed by atoms with Crippen LogP contribution < -0.4 is 4.90 Å². The lowest BCUT2D eigenvalue weighted by atomic mass is 9.86. The van der Waals surface area contributed by atoms with E-state index in [4.69, 9.17) is 11.6 Å². The highest BCUT2D eigenvalue weighted by Crippen LogP contribution is 2.44. The molecule has 1 heterocycles. The van der Waals surface area contributed by atoms with Gasteiger partial charge in [-0.1, -0.05) is 67.9 Å². The molecule has 1 atom stereocenters. The number of aliphatic hydroxyl groups is 1. The number of carbonyl (C=O) groups excluding carboxylic acids is 2. The monoisotopic (exact) mass is 461 g/mol. The quantitative estimate of drug-likeness (QED) is 0.451. The molecule has 3 aromatic rings. The van der Waals surface area contributed by atoms with Crippen molar-refractivity contribution in [3.63, 3.8) is 0 Å². The first-order valence-electron chi connectivity index (χ1n) is 11.2. The maximum atomic E-state index is 13.5. The number of ketones is 1. The lowest BCUT2D eigenvalue weighted by Crippen LogP contribution is -2.42. The number of hydrogen-bond acceptors (Lipinski definition) is 3. The van der Waals surface area contributed by atoms with Crippen molar-refractivity contribution in [2.24, 2.45) is 0 Å². The number of hydrogen-bond donors (Lipinski definition) is 1. The van der Waals surface area contributed by atoms with Crippen LogP contribution in [0.25, 0.3) is 0 Å². The fraction of sp³-hybridized carbons (Fsp3) is 0.286. The second-order valence-electron chi connectivity index (χ2n) is 9.04. The number of halogens is 1. The van der Waals surface area contributed by atoms with Crippen LogP contribution in [-0.4, -0.2) is 23.3 Å². The van der Waals surface area contributed by atoms with Gasteiger partial charge in [0.2, 0.25) is 0 Å². The highest BCUT2D eigenvalue weighted by Gasteiger charge is 2.51. The first-order chi connectivity index (χ1) is 15.7. The Balaban J connectivity index is 1.66. The molecule has 5 heteroatoms. The summed E-state index contributed by atoms with van der Waals surface area (Å²) in [6.07, 6.45) is 0.303. The summed E-state index contributed by atoms with van der Waals surface area (Å²) in [6, 6.07) is 20.7. The zero-order valence-electron chi connectivity index (χ0n) is 19.1. The number of benzene rings is 3. The molecule has 0 aliphatic carbocycles. The minimum Gasteiger partial charge on any atom is -0.375 e. The van der Waals surface area contributed by atoms with Crippen molar-refractivity contribution >= 4 is 29.0 Å². The normalized spacial score (nSPS) is 17.5. The van der Waals surface area contributed by atoms with Gasteiger partial charge in [0.15, 0.2) is 11.4 Å². The van der Waals surface area contributed by atoms with E-state index in [0.29, 0.717) is 34.8 Å². The van der Waals surface area contributed by atoms with Crippen molar-refractivity contribution in [3.05, 3.63) is 99.6 Å². The van der Waals surface area contributed by atoms with Crippen LogP contribution in [0, 0.1) is 6.92 Å². The highest BCUT2D eigenvalue weighted by molar-refractivity contribution is 6.31. The first kappa shape index (κ1) is 23.2. The Morgan fingerprint density at radius 2 is 1.79 bits per heavy atom. The summed E-state index contributed by atoms with van der Waals surface area (Å²) in [5, 5.41) is 12.0. The van der Waals surface area contributed by atoms with Crippen LogP contribution in [0.3, 0.4) is 0 Å². The van der Waals surface area contributed by atoms with Crippen molar-refractivity contribution in [2.75, 3.05) is 11.4 Å². The zero-order valence-corrected chi connectivity index (χ0v) is 19.9. The lowest BCUT2D eigenvalue weighted by molar-refractivity contribution is -0.135.